The van der Waals surface area contributed by atoms with Crippen LogP contribution in [0.25, 0.3) is 0 Å². The van der Waals surface area contributed by atoms with Crippen molar-refractivity contribution in [3.63, 3.8) is 0 Å². The topological polar surface area (TPSA) is 42.0 Å². The number of carbonyl (C=O) groups is 1. The van der Waals surface area contributed by atoms with Crippen LogP contribution in [0.4, 0.5) is 0 Å². The van der Waals surface area contributed by atoms with Gasteiger partial charge in [0, 0.05) is 45.4 Å². The second kappa shape index (κ2) is 7.71. The third-order valence-electron chi connectivity index (χ3n) is 6.67. The Bertz CT molecular complexity index is 430. The van der Waals surface area contributed by atoms with Crippen LogP contribution >= 0.6 is 0 Å². The second-order valence-corrected chi connectivity index (χ2v) is 8.09. The van der Waals surface area contributed by atoms with Crippen molar-refractivity contribution in [2.45, 2.75) is 57.1 Å². The fourth-order valence-corrected chi connectivity index (χ4v) is 5.27. The molecule has 1 amide bonds. The molecule has 0 unspecified atom stereocenters. The summed E-state index contributed by atoms with van der Waals surface area (Å²) < 4.78 is 11.2. The smallest absolute Gasteiger partial charge is 0.224 e. The zero-order chi connectivity index (χ0) is 16.4. The molecule has 2 aliphatic carbocycles. The van der Waals surface area contributed by atoms with E-state index < -0.39 is 0 Å². The van der Waals surface area contributed by atoms with Crippen LogP contribution in [-0.4, -0.2) is 73.9 Å². The lowest BCUT2D eigenvalue weighted by Gasteiger charge is -2.41. The van der Waals surface area contributed by atoms with E-state index in [9.17, 15) is 4.79 Å². The summed E-state index contributed by atoms with van der Waals surface area (Å²) in [6.07, 6.45) is 8.55. The summed E-state index contributed by atoms with van der Waals surface area (Å²) >= 11 is 0. The SMILES string of the molecule is O=C(CCOC1CCOCC1)N1CCN([C@H]2C[C@@H]3CC[C@H]2C3)CC1. The van der Waals surface area contributed by atoms with Gasteiger partial charge in [0.1, 0.15) is 0 Å². The molecule has 2 heterocycles. The molecule has 0 N–H and O–H groups in total. The van der Waals surface area contributed by atoms with Gasteiger partial charge in [-0.15, -0.1) is 0 Å². The van der Waals surface area contributed by atoms with Gasteiger partial charge in [0.25, 0.3) is 0 Å². The van der Waals surface area contributed by atoms with Crippen LogP contribution in [0.3, 0.4) is 0 Å². The van der Waals surface area contributed by atoms with E-state index in [2.05, 4.69) is 9.80 Å². The van der Waals surface area contributed by atoms with Crippen molar-refractivity contribution in [3.8, 4) is 0 Å². The molecule has 2 saturated heterocycles. The maximum absolute atomic E-state index is 12.4. The molecule has 4 fully saturated rings. The molecule has 2 aliphatic heterocycles. The van der Waals surface area contributed by atoms with Gasteiger partial charge < -0.3 is 14.4 Å². The highest BCUT2D eigenvalue weighted by Crippen LogP contribution is 2.46. The fourth-order valence-electron chi connectivity index (χ4n) is 5.27. The van der Waals surface area contributed by atoms with Crippen molar-refractivity contribution in [1.82, 2.24) is 9.80 Å². The number of carbonyl (C=O) groups excluding carboxylic acids is 1. The molecule has 136 valence electrons. The molecule has 3 atom stereocenters. The molecule has 4 rings (SSSR count). The van der Waals surface area contributed by atoms with Crippen LogP contribution in [-0.2, 0) is 14.3 Å². The molecule has 0 spiro atoms. The van der Waals surface area contributed by atoms with Gasteiger partial charge in [-0.3, -0.25) is 9.69 Å². The largest absolute Gasteiger partial charge is 0.381 e. The molecule has 2 bridgehead atoms. The quantitative estimate of drug-likeness (QED) is 0.769. The van der Waals surface area contributed by atoms with E-state index in [0.717, 1.165) is 70.1 Å². The zero-order valence-corrected chi connectivity index (χ0v) is 14.8. The van der Waals surface area contributed by atoms with Crippen LogP contribution in [0, 0.1) is 11.8 Å². The van der Waals surface area contributed by atoms with E-state index >= 15 is 0 Å². The minimum Gasteiger partial charge on any atom is -0.381 e. The van der Waals surface area contributed by atoms with Crippen LogP contribution in [0.5, 0.6) is 0 Å². The van der Waals surface area contributed by atoms with Crippen molar-refractivity contribution in [2.24, 2.45) is 11.8 Å². The minimum atomic E-state index is 0.273. The highest BCUT2D eigenvalue weighted by Gasteiger charge is 2.42. The lowest BCUT2D eigenvalue weighted by atomic mass is 9.93. The number of hydrogen-bond donors (Lipinski definition) is 0. The monoisotopic (exact) mass is 336 g/mol. The molecule has 0 radical (unpaired) electrons. The summed E-state index contributed by atoms with van der Waals surface area (Å²) in [6, 6.07) is 0.817. The molecule has 2 saturated carbocycles. The summed E-state index contributed by atoms with van der Waals surface area (Å²) in [5.74, 6) is 2.22. The van der Waals surface area contributed by atoms with Gasteiger partial charge in [-0.05, 0) is 43.9 Å². The number of ether oxygens (including phenoxy) is 2. The lowest BCUT2D eigenvalue weighted by molar-refractivity contribution is -0.135. The van der Waals surface area contributed by atoms with E-state index in [-0.39, 0.29) is 5.91 Å². The van der Waals surface area contributed by atoms with Crippen LogP contribution in [0.2, 0.25) is 0 Å². The molecule has 0 aromatic carbocycles. The maximum atomic E-state index is 12.4. The van der Waals surface area contributed by atoms with Crippen LogP contribution in [0.1, 0.15) is 44.9 Å². The molecule has 5 heteroatoms. The minimum absolute atomic E-state index is 0.273. The first-order valence-electron chi connectivity index (χ1n) is 10.0. The average Bonchev–Trinajstić information content (AvgIpc) is 3.26. The van der Waals surface area contributed by atoms with Gasteiger partial charge in [0.15, 0.2) is 0 Å². The Balaban J connectivity index is 1.15. The highest BCUT2D eigenvalue weighted by molar-refractivity contribution is 5.76. The van der Waals surface area contributed by atoms with Crippen molar-refractivity contribution in [3.05, 3.63) is 0 Å². The Morgan fingerprint density at radius 3 is 2.46 bits per heavy atom. The summed E-state index contributed by atoms with van der Waals surface area (Å²) in [7, 11) is 0. The number of hydrogen-bond acceptors (Lipinski definition) is 4. The van der Waals surface area contributed by atoms with Crippen LogP contribution in [0.15, 0.2) is 0 Å². The predicted octanol–water partition coefficient (Wildman–Crippen LogP) is 1.90. The Morgan fingerprint density at radius 1 is 1.00 bits per heavy atom. The lowest BCUT2D eigenvalue weighted by Crippen LogP contribution is -2.53. The van der Waals surface area contributed by atoms with Crippen molar-refractivity contribution in [2.75, 3.05) is 46.0 Å². The predicted molar refractivity (Wildman–Crippen MR) is 91.8 cm³/mol. The van der Waals surface area contributed by atoms with E-state index in [1.165, 1.54) is 25.7 Å². The van der Waals surface area contributed by atoms with Crippen molar-refractivity contribution < 1.29 is 14.3 Å². The Morgan fingerprint density at radius 2 is 1.79 bits per heavy atom. The molecular formula is C19H32N2O3. The van der Waals surface area contributed by atoms with Crippen molar-refractivity contribution >= 4 is 5.91 Å². The third kappa shape index (κ3) is 3.78. The number of nitrogens with zero attached hydrogens (tertiary/aromatic N) is 2. The number of fused-ring (bicyclic) bond motifs is 2. The van der Waals surface area contributed by atoms with E-state index in [1.807, 2.05) is 0 Å². The summed E-state index contributed by atoms with van der Waals surface area (Å²) in [5, 5.41) is 0. The first kappa shape index (κ1) is 16.8. The Kier molecular flexibility index (Phi) is 5.40. The maximum Gasteiger partial charge on any atom is 0.224 e. The highest BCUT2D eigenvalue weighted by atomic mass is 16.5. The second-order valence-electron chi connectivity index (χ2n) is 8.09. The average molecular weight is 336 g/mol. The van der Waals surface area contributed by atoms with Gasteiger partial charge in [0.2, 0.25) is 5.91 Å². The van der Waals surface area contributed by atoms with Crippen LogP contribution < -0.4 is 0 Å². The van der Waals surface area contributed by atoms with Gasteiger partial charge >= 0.3 is 0 Å². The van der Waals surface area contributed by atoms with Crippen molar-refractivity contribution in [1.29, 1.82) is 0 Å². The number of piperazine rings is 1. The number of amides is 1. The molecule has 4 aliphatic rings. The van der Waals surface area contributed by atoms with Gasteiger partial charge in [-0.1, -0.05) is 6.42 Å². The molecule has 0 aromatic heterocycles. The number of rotatable bonds is 5. The van der Waals surface area contributed by atoms with Gasteiger partial charge in [-0.25, -0.2) is 0 Å². The molecular weight excluding hydrogens is 304 g/mol. The summed E-state index contributed by atoms with van der Waals surface area (Å²) in [6.45, 7) is 6.11. The molecule has 5 nitrogen and oxygen atoms in total. The Hall–Kier alpha value is -0.650. The van der Waals surface area contributed by atoms with E-state index in [4.69, 9.17) is 9.47 Å². The fraction of sp³-hybridized carbons (Fsp3) is 0.947. The third-order valence-corrected chi connectivity index (χ3v) is 6.67. The standard InChI is InChI=1S/C19H32N2O3/c22-19(5-12-24-17-3-10-23-11-4-17)21-8-6-20(7-9-21)18-14-15-1-2-16(18)13-15/h15-18H,1-14H2/t15-,16+,18+/m1/s1. The molecule has 24 heavy (non-hydrogen) atoms. The first-order valence-corrected chi connectivity index (χ1v) is 10.0. The first-order chi connectivity index (χ1) is 11.8. The Labute approximate surface area is 145 Å². The normalized spacial score (nSPS) is 34.8. The summed E-state index contributed by atoms with van der Waals surface area (Å²) in [4.78, 5) is 17.1. The zero-order valence-electron chi connectivity index (χ0n) is 14.8. The van der Waals surface area contributed by atoms with E-state index in [0.29, 0.717) is 19.1 Å². The van der Waals surface area contributed by atoms with E-state index in [1.54, 1.807) is 0 Å². The molecule has 0 aromatic rings. The summed E-state index contributed by atoms with van der Waals surface area (Å²) in [5.41, 5.74) is 0. The van der Waals surface area contributed by atoms with Gasteiger partial charge in [-0.2, -0.15) is 0 Å². The van der Waals surface area contributed by atoms with Gasteiger partial charge in [0.05, 0.1) is 19.1 Å².